The smallest absolute Gasteiger partial charge is 0.229 e. The SMILES string of the molecule is CN=C1S[C@@H](C(=O)[O-])CC(=O)N1C. The molecule has 72 valence electrons. The molecular weight excluding hydrogens is 192 g/mol. The highest BCUT2D eigenvalue weighted by atomic mass is 32.2. The Hall–Kier alpha value is -1.04. The van der Waals surface area contributed by atoms with Crippen molar-refractivity contribution in [1.29, 1.82) is 0 Å². The second-order valence-corrected chi connectivity index (χ2v) is 3.76. The van der Waals surface area contributed by atoms with Crippen LogP contribution >= 0.6 is 11.8 Å². The first-order valence-corrected chi connectivity index (χ1v) is 4.55. The Bertz CT molecular complexity index is 277. The number of hydrogen-bond acceptors (Lipinski definition) is 5. The summed E-state index contributed by atoms with van der Waals surface area (Å²) in [5.74, 6) is -1.46. The van der Waals surface area contributed by atoms with Gasteiger partial charge in [-0.15, -0.1) is 0 Å². The zero-order valence-electron chi connectivity index (χ0n) is 7.31. The third-order valence-corrected chi connectivity index (χ3v) is 3.03. The Balaban J connectivity index is 2.81. The van der Waals surface area contributed by atoms with E-state index in [4.69, 9.17) is 0 Å². The molecule has 1 atom stereocenters. The second kappa shape index (κ2) is 3.78. The van der Waals surface area contributed by atoms with Gasteiger partial charge in [0.05, 0.1) is 11.2 Å². The van der Waals surface area contributed by atoms with Gasteiger partial charge in [0.25, 0.3) is 0 Å². The van der Waals surface area contributed by atoms with Gasteiger partial charge in [-0.05, 0) is 0 Å². The van der Waals surface area contributed by atoms with Crippen LogP contribution in [0.5, 0.6) is 0 Å². The molecule has 0 aromatic rings. The van der Waals surface area contributed by atoms with E-state index in [1.165, 1.54) is 11.9 Å². The largest absolute Gasteiger partial charge is 0.549 e. The molecule has 0 aromatic heterocycles. The Morgan fingerprint density at radius 1 is 1.77 bits per heavy atom. The summed E-state index contributed by atoms with van der Waals surface area (Å²) in [6.45, 7) is 0. The first-order chi connectivity index (χ1) is 6.06. The van der Waals surface area contributed by atoms with Gasteiger partial charge in [-0.2, -0.15) is 0 Å². The van der Waals surface area contributed by atoms with Gasteiger partial charge >= 0.3 is 0 Å². The summed E-state index contributed by atoms with van der Waals surface area (Å²) in [6, 6.07) is 0. The predicted molar refractivity (Wildman–Crippen MR) is 47.1 cm³/mol. The number of aliphatic carboxylic acids is 1. The van der Waals surface area contributed by atoms with Gasteiger partial charge in [-0.3, -0.25) is 14.7 Å². The highest BCUT2D eigenvalue weighted by Gasteiger charge is 2.29. The molecule has 1 rings (SSSR count). The van der Waals surface area contributed by atoms with E-state index in [1.54, 1.807) is 7.05 Å². The number of rotatable bonds is 1. The Morgan fingerprint density at radius 3 is 2.85 bits per heavy atom. The minimum atomic E-state index is -1.22. The quantitative estimate of drug-likeness (QED) is 0.528. The average molecular weight is 201 g/mol. The minimum absolute atomic E-state index is 0.0253. The maximum Gasteiger partial charge on any atom is 0.229 e. The molecule has 13 heavy (non-hydrogen) atoms. The summed E-state index contributed by atoms with van der Waals surface area (Å²) < 4.78 is 0. The molecule has 6 heteroatoms. The van der Waals surface area contributed by atoms with Crippen LogP contribution in [0.4, 0.5) is 0 Å². The van der Waals surface area contributed by atoms with Crippen molar-refractivity contribution in [3.05, 3.63) is 0 Å². The molecule has 1 aliphatic heterocycles. The molecular formula is C7H9N2O3S-. The van der Waals surface area contributed by atoms with E-state index in [-0.39, 0.29) is 12.3 Å². The first kappa shape index (κ1) is 10.0. The molecule has 1 heterocycles. The molecule has 1 fully saturated rings. The summed E-state index contributed by atoms with van der Waals surface area (Å²) in [5, 5.41) is 10.1. The van der Waals surface area contributed by atoms with Crippen LogP contribution in [-0.4, -0.2) is 41.3 Å². The highest BCUT2D eigenvalue weighted by molar-refractivity contribution is 8.15. The predicted octanol–water partition coefficient (Wildman–Crippen LogP) is -1.31. The summed E-state index contributed by atoms with van der Waals surface area (Å²) in [6.07, 6.45) is -0.0253. The molecule has 1 amide bonds. The summed E-state index contributed by atoms with van der Waals surface area (Å²) >= 11 is 1.04. The van der Waals surface area contributed by atoms with E-state index in [1.807, 2.05) is 0 Å². The van der Waals surface area contributed by atoms with Crippen molar-refractivity contribution >= 4 is 28.8 Å². The fourth-order valence-electron chi connectivity index (χ4n) is 0.984. The van der Waals surface area contributed by atoms with Crippen molar-refractivity contribution in [3.8, 4) is 0 Å². The van der Waals surface area contributed by atoms with Crippen molar-refractivity contribution in [2.45, 2.75) is 11.7 Å². The molecule has 0 radical (unpaired) electrons. The number of carbonyl (C=O) groups is 2. The van der Waals surface area contributed by atoms with E-state index in [0.717, 1.165) is 11.8 Å². The van der Waals surface area contributed by atoms with E-state index in [0.29, 0.717) is 5.17 Å². The lowest BCUT2D eigenvalue weighted by molar-refractivity contribution is -0.304. The number of carboxylic acid groups (broad SMARTS) is 1. The number of thioether (sulfide) groups is 1. The number of carbonyl (C=O) groups excluding carboxylic acids is 2. The molecule has 1 aliphatic rings. The molecule has 0 unspecified atom stereocenters. The molecule has 0 N–H and O–H groups in total. The topological polar surface area (TPSA) is 72.8 Å². The molecule has 0 aromatic carbocycles. The van der Waals surface area contributed by atoms with Crippen LogP contribution in [-0.2, 0) is 9.59 Å². The van der Waals surface area contributed by atoms with E-state index in [9.17, 15) is 14.7 Å². The number of nitrogens with zero attached hydrogens (tertiary/aromatic N) is 2. The molecule has 0 saturated carbocycles. The van der Waals surface area contributed by atoms with Gasteiger partial charge in [0.15, 0.2) is 5.17 Å². The van der Waals surface area contributed by atoms with Crippen LogP contribution in [0.25, 0.3) is 0 Å². The molecule has 0 aliphatic carbocycles. The fraction of sp³-hybridized carbons (Fsp3) is 0.571. The molecule has 0 spiro atoms. The monoisotopic (exact) mass is 201 g/mol. The van der Waals surface area contributed by atoms with Crippen molar-refractivity contribution in [2.75, 3.05) is 14.1 Å². The average Bonchev–Trinajstić information content (AvgIpc) is 2.09. The molecule has 5 nitrogen and oxygen atoms in total. The fourth-order valence-corrected chi connectivity index (χ4v) is 1.93. The van der Waals surface area contributed by atoms with Crippen LogP contribution in [0.2, 0.25) is 0 Å². The van der Waals surface area contributed by atoms with Crippen molar-refractivity contribution in [2.24, 2.45) is 4.99 Å². The van der Waals surface area contributed by atoms with Gasteiger partial charge < -0.3 is 9.90 Å². The number of amides is 1. The van der Waals surface area contributed by atoms with E-state index >= 15 is 0 Å². The third kappa shape index (κ3) is 2.00. The van der Waals surface area contributed by atoms with Crippen LogP contribution < -0.4 is 5.11 Å². The van der Waals surface area contributed by atoms with Gasteiger partial charge in [0, 0.05) is 20.5 Å². The Morgan fingerprint density at radius 2 is 2.38 bits per heavy atom. The molecule has 0 bridgehead atoms. The molecule has 1 saturated heterocycles. The van der Waals surface area contributed by atoms with E-state index in [2.05, 4.69) is 4.99 Å². The van der Waals surface area contributed by atoms with Crippen LogP contribution in [0, 0.1) is 0 Å². The number of carboxylic acids is 1. The van der Waals surface area contributed by atoms with Crippen molar-refractivity contribution in [1.82, 2.24) is 4.90 Å². The lowest BCUT2D eigenvalue weighted by Gasteiger charge is -2.29. The van der Waals surface area contributed by atoms with Gasteiger partial charge in [0.1, 0.15) is 0 Å². The zero-order chi connectivity index (χ0) is 10.0. The summed E-state index contributed by atoms with van der Waals surface area (Å²) in [5.41, 5.74) is 0. The highest BCUT2D eigenvalue weighted by Crippen LogP contribution is 2.24. The standard InChI is InChI=1S/C7H10N2O3S/c1-8-7-9(2)5(10)3-4(13-7)6(11)12/h4H,3H2,1-2H3,(H,11,12)/p-1/t4-/m1/s1. The Kier molecular flexibility index (Phi) is 2.92. The van der Waals surface area contributed by atoms with Crippen molar-refractivity contribution < 1.29 is 14.7 Å². The summed E-state index contributed by atoms with van der Waals surface area (Å²) in [7, 11) is 3.09. The second-order valence-electron chi connectivity index (χ2n) is 2.59. The van der Waals surface area contributed by atoms with Crippen LogP contribution in [0.15, 0.2) is 4.99 Å². The maximum absolute atomic E-state index is 11.2. The van der Waals surface area contributed by atoms with Gasteiger partial charge in [-0.25, -0.2) is 0 Å². The van der Waals surface area contributed by atoms with E-state index < -0.39 is 11.2 Å². The summed E-state index contributed by atoms with van der Waals surface area (Å²) in [4.78, 5) is 26.9. The number of aliphatic imine (C=N–C) groups is 1. The number of amidine groups is 1. The first-order valence-electron chi connectivity index (χ1n) is 3.67. The normalized spacial score (nSPS) is 26.6. The Labute approximate surface area is 79.8 Å². The van der Waals surface area contributed by atoms with Gasteiger partial charge in [-0.1, -0.05) is 11.8 Å². The minimum Gasteiger partial charge on any atom is -0.549 e. The van der Waals surface area contributed by atoms with Gasteiger partial charge in [0.2, 0.25) is 5.91 Å². The van der Waals surface area contributed by atoms with Crippen molar-refractivity contribution in [3.63, 3.8) is 0 Å². The lowest BCUT2D eigenvalue weighted by Crippen LogP contribution is -2.45. The zero-order valence-corrected chi connectivity index (χ0v) is 8.13. The maximum atomic E-state index is 11.2. The van der Waals surface area contributed by atoms with Crippen LogP contribution in [0.1, 0.15) is 6.42 Å². The lowest BCUT2D eigenvalue weighted by atomic mass is 10.3. The third-order valence-electron chi connectivity index (χ3n) is 1.72. The van der Waals surface area contributed by atoms with Crippen LogP contribution in [0.3, 0.4) is 0 Å². The number of hydrogen-bond donors (Lipinski definition) is 0.